The number of hydrogen-bond donors (Lipinski definition) is 1. The summed E-state index contributed by atoms with van der Waals surface area (Å²) >= 11 is 0. The SMILES string of the molecule is CC(C)NC(=O)c1ccc2nc(-c3ccncc3)oc2c1. The van der Waals surface area contributed by atoms with Gasteiger partial charge >= 0.3 is 0 Å². The van der Waals surface area contributed by atoms with Crippen LogP contribution in [0.25, 0.3) is 22.6 Å². The van der Waals surface area contributed by atoms with Gasteiger partial charge in [0.1, 0.15) is 5.52 Å². The molecular formula is C16H15N3O2. The Hall–Kier alpha value is -2.69. The molecule has 0 radical (unpaired) electrons. The third-order valence-corrected chi connectivity index (χ3v) is 3.00. The second-order valence-corrected chi connectivity index (χ2v) is 5.07. The lowest BCUT2D eigenvalue weighted by molar-refractivity contribution is 0.0943. The van der Waals surface area contributed by atoms with Crippen molar-refractivity contribution in [2.75, 3.05) is 0 Å². The van der Waals surface area contributed by atoms with E-state index in [1.165, 1.54) is 0 Å². The molecule has 0 aliphatic heterocycles. The minimum absolute atomic E-state index is 0.0929. The Balaban J connectivity index is 1.97. The Morgan fingerprint density at radius 1 is 1.19 bits per heavy atom. The molecule has 0 aliphatic rings. The number of benzene rings is 1. The van der Waals surface area contributed by atoms with Crippen LogP contribution in [-0.4, -0.2) is 21.9 Å². The molecule has 0 spiro atoms. The van der Waals surface area contributed by atoms with Crippen LogP contribution in [0.5, 0.6) is 0 Å². The van der Waals surface area contributed by atoms with E-state index in [0.29, 0.717) is 17.0 Å². The second kappa shape index (κ2) is 5.36. The van der Waals surface area contributed by atoms with Gasteiger partial charge in [0.05, 0.1) is 0 Å². The highest BCUT2D eigenvalue weighted by molar-refractivity contribution is 5.97. The van der Waals surface area contributed by atoms with E-state index in [1.807, 2.05) is 26.0 Å². The van der Waals surface area contributed by atoms with E-state index < -0.39 is 0 Å². The van der Waals surface area contributed by atoms with Crippen molar-refractivity contribution in [1.29, 1.82) is 0 Å². The lowest BCUT2D eigenvalue weighted by Crippen LogP contribution is -2.29. The number of rotatable bonds is 3. The van der Waals surface area contributed by atoms with E-state index in [2.05, 4.69) is 15.3 Å². The van der Waals surface area contributed by atoms with Crippen molar-refractivity contribution in [2.24, 2.45) is 0 Å². The number of pyridine rings is 1. The van der Waals surface area contributed by atoms with Crippen molar-refractivity contribution in [3.63, 3.8) is 0 Å². The van der Waals surface area contributed by atoms with Gasteiger partial charge in [-0.3, -0.25) is 9.78 Å². The third kappa shape index (κ3) is 2.76. The molecule has 0 bridgehead atoms. The summed E-state index contributed by atoms with van der Waals surface area (Å²) in [4.78, 5) is 20.4. The van der Waals surface area contributed by atoms with Crippen LogP contribution >= 0.6 is 0 Å². The van der Waals surface area contributed by atoms with Gasteiger partial charge in [-0.15, -0.1) is 0 Å². The molecule has 0 saturated carbocycles. The van der Waals surface area contributed by atoms with Crippen molar-refractivity contribution in [3.8, 4) is 11.5 Å². The van der Waals surface area contributed by atoms with Crippen LogP contribution in [0.1, 0.15) is 24.2 Å². The zero-order valence-electron chi connectivity index (χ0n) is 11.8. The summed E-state index contributed by atoms with van der Waals surface area (Å²) in [5.74, 6) is 0.405. The van der Waals surface area contributed by atoms with Crippen molar-refractivity contribution < 1.29 is 9.21 Å². The fourth-order valence-electron chi connectivity index (χ4n) is 2.03. The maximum Gasteiger partial charge on any atom is 0.251 e. The smallest absolute Gasteiger partial charge is 0.251 e. The topological polar surface area (TPSA) is 68.0 Å². The van der Waals surface area contributed by atoms with Crippen LogP contribution in [0.3, 0.4) is 0 Å². The van der Waals surface area contributed by atoms with Crippen LogP contribution in [0, 0.1) is 0 Å². The molecular weight excluding hydrogens is 266 g/mol. The van der Waals surface area contributed by atoms with Crippen molar-refractivity contribution in [2.45, 2.75) is 19.9 Å². The monoisotopic (exact) mass is 281 g/mol. The molecule has 0 saturated heterocycles. The molecule has 3 aromatic rings. The number of hydrogen-bond acceptors (Lipinski definition) is 4. The predicted octanol–water partition coefficient (Wildman–Crippen LogP) is 3.03. The molecule has 1 aromatic carbocycles. The average Bonchev–Trinajstić information content (AvgIpc) is 2.90. The highest BCUT2D eigenvalue weighted by atomic mass is 16.3. The van der Waals surface area contributed by atoms with Gasteiger partial charge in [0.25, 0.3) is 5.91 Å². The number of oxazole rings is 1. The van der Waals surface area contributed by atoms with Crippen LogP contribution in [0.2, 0.25) is 0 Å². The maximum absolute atomic E-state index is 12.0. The van der Waals surface area contributed by atoms with E-state index in [9.17, 15) is 4.79 Å². The van der Waals surface area contributed by atoms with E-state index in [1.54, 1.807) is 30.6 Å². The van der Waals surface area contributed by atoms with E-state index >= 15 is 0 Å². The Bertz CT molecular complexity index is 779. The van der Waals surface area contributed by atoms with Crippen molar-refractivity contribution in [1.82, 2.24) is 15.3 Å². The van der Waals surface area contributed by atoms with Gasteiger partial charge in [0, 0.05) is 29.6 Å². The first kappa shape index (κ1) is 13.3. The Labute approximate surface area is 122 Å². The highest BCUT2D eigenvalue weighted by Crippen LogP contribution is 2.24. The van der Waals surface area contributed by atoms with Gasteiger partial charge in [-0.05, 0) is 44.2 Å². The number of carbonyl (C=O) groups excluding carboxylic acids is 1. The molecule has 1 N–H and O–H groups in total. The highest BCUT2D eigenvalue weighted by Gasteiger charge is 2.12. The maximum atomic E-state index is 12.0. The fraction of sp³-hybridized carbons (Fsp3) is 0.188. The molecule has 0 unspecified atom stereocenters. The van der Waals surface area contributed by atoms with Gasteiger partial charge in [-0.25, -0.2) is 4.98 Å². The molecule has 106 valence electrons. The van der Waals surface area contributed by atoms with Crippen molar-refractivity contribution in [3.05, 3.63) is 48.3 Å². The summed E-state index contributed by atoms with van der Waals surface area (Å²) in [6.45, 7) is 3.85. The standard InChI is InChI=1S/C16H15N3O2/c1-10(2)18-15(20)12-3-4-13-14(9-12)21-16(19-13)11-5-7-17-8-6-11/h3-10H,1-2H3,(H,18,20). The predicted molar refractivity (Wildman–Crippen MR) is 79.8 cm³/mol. The summed E-state index contributed by atoms with van der Waals surface area (Å²) < 4.78 is 5.73. The number of fused-ring (bicyclic) bond motifs is 1. The summed E-state index contributed by atoms with van der Waals surface area (Å²) in [6.07, 6.45) is 3.37. The number of aromatic nitrogens is 2. The fourth-order valence-corrected chi connectivity index (χ4v) is 2.03. The van der Waals surface area contributed by atoms with Crippen molar-refractivity contribution >= 4 is 17.0 Å². The van der Waals surface area contributed by atoms with E-state index in [-0.39, 0.29) is 11.9 Å². The van der Waals surface area contributed by atoms with Gasteiger partial charge in [-0.2, -0.15) is 0 Å². The molecule has 2 aromatic heterocycles. The zero-order chi connectivity index (χ0) is 14.8. The lowest BCUT2D eigenvalue weighted by atomic mass is 10.2. The normalized spacial score (nSPS) is 11.0. The number of nitrogens with one attached hydrogen (secondary N) is 1. The summed E-state index contributed by atoms with van der Waals surface area (Å²) in [5, 5.41) is 2.85. The van der Waals surface area contributed by atoms with Gasteiger partial charge in [0.2, 0.25) is 5.89 Å². The molecule has 5 heteroatoms. The number of amides is 1. The number of carbonyl (C=O) groups is 1. The first-order valence-electron chi connectivity index (χ1n) is 6.75. The Kier molecular flexibility index (Phi) is 3.39. The van der Waals surface area contributed by atoms with Crippen LogP contribution in [0.4, 0.5) is 0 Å². The Morgan fingerprint density at radius 2 is 1.95 bits per heavy atom. The summed E-state index contributed by atoms with van der Waals surface area (Å²) in [6, 6.07) is 9.01. The zero-order valence-corrected chi connectivity index (χ0v) is 11.8. The molecule has 1 amide bonds. The molecule has 2 heterocycles. The average molecular weight is 281 g/mol. The minimum atomic E-state index is -0.117. The van der Waals surface area contributed by atoms with Gasteiger partial charge in [-0.1, -0.05) is 0 Å². The lowest BCUT2D eigenvalue weighted by Gasteiger charge is -2.07. The number of nitrogens with zero attached hydrogens (tertiary/aromatic N) is 2. The first-order valence-corrected chi connectivity index (χ1v) is 6.75. The van der Waals surface area contributed by atoms with Gasteiger partial charge < -0.3 is 9.73 Å². The van der Waals surface area contributed by atoms with Crippen LogP contribution in [-0.2, 0) is 0 Å². The molecule has 3 rings (SSSR count). The summed E-state index contributed by atoms with van der Waals surface area (Å²) in [7, 11) is 0. The minimum Gasteiger partial charge on any atom is -0.436 e. The second-order valence-electron chi connectivity index (χ2n) is 5.07. The first-order chi connectivity index (χ1) is 10.1. The molecule has 5 nitrogen and oxygen atoms in total. The quantitative estimate of drug-likeness (QED) is 0.801. The van der Waals surface area contributed by atoms with E-state index in [0.717, 1.165) is 11.1 Å². The third-order valence-electron chi connectivity index (χ3n) is 3.00. The molecule has 0 atom stereocenters. The largest absolute Gasteiger partial charge is 0.436 e. The van der Waals surface area contributed by atoms with Crippen LogP contribution < -0.4 is 5.32 Å². The molecule has 0 aliphatic carbocycles. The van der Waals surface area contributed by atoms with E-state index in [4.69, 9.17) is 4.42 Å². The molecule has 0 fully saturated rings. The Morgan fingerprint density at radius 3 is 2.67 bits per heavy atom. The van der Waals surface area contributed by atoms with Gasteiger partial charge in [0.15, 0.2) is 5.58 Å². The van der Waals surface area contributed by atoms with Crippen LogP contribution in [0.15, 0.2) is 47.1 Å². The molecule has 21 heavy (non-hydrogen) atoms. The summed E-state index contributed by atoms with van der Waals surface area (Å²) in [5.41, 5.74) is 2.74.